The SMILES string of the molecule is c1ccc2c(-c3ccc4c(c3)C4)cccc2c1. The third kappa shape index (κ3) is 1.38. The van der Waals surface area contributed by atoms with Gasteiger partial charge in [-0.2, -0.15) is 0 Å². The fourth-order valence-corrected chi connectivity index (χ4v) is 2.54. The van der Waals surface area contributed by atoms with Crippen molar-refractivity contribution in [3.8, 4) is 11.1 Å². The summed E-state index contributed by atoms with van der Waals surface area (Å²) < 4.78 is 0. The van der Waals surface area contributed by atoms with Crippen LogP contribution in [0.1, 0.15) is 11.1 Å². The van der Waals surface area contributed by atoms with Crippen LogP contribution in [-0.4, -0.2) is 0 Å². The van der Waals surface area contributed by atoms with E-state index in [-0.39, 0.29) is 0 Å². The van der Waals surface area contributed by atoms with Gasteiger partial charge in [0.2, 0.25) is 0 Å². The van der Waals surface area contributed by atoms with Crippen molar-refractivity contribution in [1.29, 1.82) is 0 Å². The fraction of sp³-hybridized carbons (Fsp3) is 0.0588. The summed E-state index contributed by atoms with van der Waals surface area (Å²) in [5.41, 5.74) is 5.71. The Morgan fingerprint density at radius 1 is 0.706 bits per heavy atom. The molecule has 0 saturated heterocycles. The van der Waals surface area contributed by atoms with Crippen LogP contribution in [0.4, 0.5) is 0 Å². The molecule has 0 unspecified atom stereocenters. The molecule has 0 aromatic heterocycles. The second kappa shape index (κ2) is 3.21. The molecule has 0 nitrogen and oxygen atoms in total. The van der Waals surface area contributed by atoms with E-state index in [1.807, 2.05) is 0 Å². The lowest BCUT2D eigenvalue weighted by molar-refractivity contribution is 1.61. The van der Waals surface area contributed by atoms with Crippen molar-refractivity contribution in [3.63, 3.8) is 0 Å². The maximum atomic E-state index is 2.33. The minimum Gasteiger partial charge on any atom is -0.0616 e. The van der Waals surface area contributed by atoms with Crippen LogP contribution in [-0.2, 0) is 6.42 Å². The van der Waals surface area contributed by atoms with Gasteiger partial charge >= 0.3 is 0 Å². The molecule has 0 atom stereocenters. The number of hydrogen-bond acceptors (Lipinski definition) is 0. The van der Waals surface area contributed by atoms with Crippen LogP contribution in [0, 0.1) is 0 Å². The predicted molar refractivity (Wildman–Crippen MR) is 72.2 cm³/mol. The molecule has 3 aromatic rings. The Morgan fingerprint density at radius 2 is 1.59 bits per heavy atom. The molecule has 4 rings (SSSR count). The summed E-state index contributed by atoms with van der Waals surface area (Å²) in [6.45, 7) is 0. The van der Waals surface area contributed by atoms with E-state index in [2.05, 4.69) is 60.7 Å². The second-order valence-electron chi connectivity index (χ2n) is 4.69. The van der Waals surface area contributed by atoms with Crippen LogP contribution in [0.2, 0.25) is 0 Å². The predicted octanol–water partition coefficient (Wildman–Crippen LogP) is 4.41. The Balaban J connectivity index is 2.02. The molecule has 0 fully saturated rings. The zero-order chi connectivity index (χ0) is 11.2. The molecular formula is C17H12. The summed E-state index contributed by atoms with van der Waals surface area (Å²) in [4.78, 5) is 0. The van der Waals surface area contributed by atoms with Crippen molar-refractivity contribution in [1.82, 2.24) is 0 Å². The average molecular weight is 216 g/mol. The lowest BCUT2D eigenvalue weighted by Crippen LogP contribution is -1.80. The van der Waals surface area contributed by atoms with Crippen molar-refractivity contribution in [2.75, 3.05) is 0 Å². The Bertz CT molecular complexity index is 718. The molecule has 0 bridgehead atoms. The number of fused-ring (bicyclic) bond motifs is 2. The first-order chi connectivity index (χ1) is 8.42. The summed E-state index contributed by atoms with van der Waals surface area (Å²) in [5, 5.41) is 2.66. The largest absolute Gasteiger partial charge is 0.0616 e. The molecule has 0 spiro atoms. The summed E-state index contributed by atoms with van der Waals surface area (Å²) in [6.07, 6.45) is 1.19. The Morgan fingerprint density at radius 3 is 2.53 bits per heavy atom. The molecule has 17 heavy (non-hydrogen) atoms. The highest BCUT2D eigenvalue weighted by molar-refractivity contribution is 5.96. The summed E-state index contributed by atoms with van der Waals surface area (Å²) in [7, 11) is 0. The van der Waals surface area contributed by atoms with Gasteiger partial charge < -0.3 is 0 Å². The van der Waals surface area contributed by atoms with Crippen LogP contribution in [0.5, 0.6) is 0 Å². The van der Waals surface area contributed by atoms with Crippen molar-refractivity contribution >= 4 is 10.8 Å². The lowest BCUT2D eigenvalue weighted by atomic mass is 9.98. The number of hydrogen-bond donors (Lipinski definition) is 0. The quantitative estimate of drug-likeness (QED) is 0.442. The van der Waals surface area contributed by atoms with Crippen molar-refractivity contribution in [2.24, 2.45) is 0 Å². The van der Waals surface area contributed by atoms with Gasteiger partial charge in [-0.1, -0.05) is 60.7 Å². The van der Waals surface area contributed by atoms with Gasteiger partial charge in [-0.25, -0.2) is 0 Å². The molecule has 1 aliphatic carbocycles. The summed E-state index contributed by atoms with van der Waals surface area (Å²) in [5.74, 6) is 0. The standard InChI is InChI=1S/C17H12/c1-2-6-16-12(4-1)5-3-7-17(16)14-9-8-13-10-15(13)11-14/h1-9,11H,10H2. The van der Waals surface area contributed by atoms with Gasteiger partial charge in [0.05, 0.1) is 0 Å². The van der Waals surface area contributed by atoms with E-state index in [0.717, 1.165) is 0 Å². The smallest absolute Gasteiger partial charge is 0.00198 e. The average Bonchev–Trinajstić information content (AvgIpc) is 3.16. The maximum absolute atomic E-state index is 2.33. The highest BCUT2D eigenvalue weighted by Gasteiger charge is 2.16. The van der Waals surface area contributed by atoms with E-state index < -0.39 is 0 Å². The van der Waals surface area contributed by atoms with E-state index in [1.54, 1.807) is 0 Å². The van der Waals surface area contributed by atoms with Gasteiger partial charge in [-0.15, -0.1) is 0 Å². The van der Waals surface area contributed by atoms with Crippen LogP contribution in [0.25, 0.3) is 21.9 Å². The molecule has 0 saturated carbocycles. The molecular weight excluding hydrogens is 204 g/mol. The van der Waals surface area contributed by atoms with Gasteiger partial charge in [-0.05, 0) is 39.4 Å². The molecule has 0 aliphatic heterocycles. The molecule has 0 heterocycles. The fourth-order valence-electron chi connectivity index (χ4n) is 2.54. The first-order valence-electron chi connectivity index (χ1n) is 6.02. The molecule has 0 heteroatoms. The third-order valence-corrected chi connectivity index (χ3v) is 3.56. The van der Waals surface area contributed by atoms with Crippen LogP contribution >= 0.6 is 0 Å². The van der Waals surface area contributed by atoms with Gasteiger partial charge in [0.25, 0.3) is 0 Å². The minimum absolute atomic E-state index is 1.19. The van der Waals surface area contributed by atoms with Gasteiger partial charge in [0.15, 0.2) is 0 Å². The zero-order valence-corrected chi connectivity index (χ0v) is 9.48. The zero-order valence-electron chi connectivity index (χ0n) is 9.48. The first-order valence-corrected chi connectivity index (χ1v) is 6.02. The van der Waals surface area contributed by atoms with E-state index in [1.165, 1.54) is 39.4 Å². The van der Waals surface area contributed by atoms with Crippen molar-refractivity contribution in [3.05, 3.63) is 71.8 Å². The van der Waals surface area contributed by atoms with Crippen LogP contribution in [0.15, 0.2) is 60.7 Å². The van der Waals surface area contributed by atoms with Crippen LogP contribution in [0.3, 0.4) is 0 Å². The number of rotatable bonds is 1. The van der Waals surface area contributed by atoms with Gasteiger partial charge in [0, 0.05) is 0 Å². The van der Waals surface area contributed by atoms with Crippen molar-refractivity contribution in [2.45, 2.75) is 6.42 Å². The number of benzene rings is 3. The molecule has 80 valence electrons. The van der Waals surface area contributed by atoms with Crippen LogP contribution < -0.4 is 0 Å². The maximum Gasteiger partial charge on any atom is -0.00198 e. The van der Waals surface area contributed by atoms with E-state index in [0.29, 0.717) is 0 Å². The molecule has 1 aliphatic rings. The monoisotopic (exact) mass is 216 g/mol. The van der Waals surface area contributed by atoms with Gasteiger partial charge in [0.1, 0.15) is 0 Å². The highest BCUT2D eigenvalue weighted by atomic mass is 14.2. The summed E-state index contributed by atoms with van der Waals surface area (Å²) in [6, 6.07) is 21.9. The lowest BCUT2D eigenvalue weighted by Gasteiger charge is -2.06. The van der Waals surface area contributed by atoms with E-state index in [9.17, 15) is 0 Å². The minimum atomic E-state index is 1.19. The Labute approximate surface area is 101 Å². The van der Waals surface area contributed by atoms with Crippen molar-refractivity contribution < 1.29 is 0 Å². The Hall–Kier alpha value is -2.08. The summed E-state index contributed by atoms with van der Waals surface area (Å²) >= 11 is 0. The topological polar surface area (TPSA) is 0 Å². The molecule has 0 radical (unpaired) electrons. The van der Waals surface area contributed by atoms with E-state index in [4.69, 9.17) is 0 Å². The normalized spacial score (nSPS) is 12.5. The van der Waals surface area contributed by atoms with Gasteiger partial charge in [-0.3, -0.25) is 0 Å². The Kier molecular flexibility index (Phi) is 1.70. The first kappa shape index (κ1) is 9.00. The second-order valence-corrected chi connectivity index (χ2v) is 4.69. The van der Waals surface area contributed by atoms with E-state index >= 15 is 0 Å². The third-order valence-electron chi connectivity index (χ3n) is 3.56. The molecule has 3 aromatic carbocycles. The molecule has 0 amide bonds. The molecule has 0 N–H and O–H groups in total. The highest BCUT2D eigenvalue weighted by Crippen LogP contribution is 2.35.